The minimum atomic E-state index is -0.224. The lowest BCUT2D eigenvalue weighted by atomic mass is 10.1. The fourth-order valence-corrected chi connectivity index (χ4v) is 2.54. The summed E-state index contributed by atoms with van der Waals surface area (Å²) in [5.74, 6) is 0.620. The molecule has 0 saturated carbocycles. The molecule has 0 radical (unpaired) electrons. The van der Waals surface area contributed by atoms with E-state index in [2.05, 4.69) is 23.1 Å². The second-order valence-corrected chi connectivity index (χ2v) is 5.47. The minimum Gasteiger partial charge on any atom is -0.497 e. The highest BCUT2D eigenvalue weighted by molar-refractivity contribution is 5.73. The van der Waals surface area contributed by atoms with Gasteiger partial charge in [-0.2, -0.15) is 0 Å². The SMILES string of the molecule is COc1cccc(N(CCCCCC(N)=O)c2ccccc2)c1. The van der Waals surface area contributed by atoms with Crippen LogP contribution in [0.1, 0.15) is 25.7 Å². The van der Waals surface area contributed by atoms with Gasteiger partial charge in [0.05, 0.1) is 7.11 Å². The molecule has 4 nitrogen and oxygen atoms in total. The third kappa shape index (κ3) is 5.33. The van der Waals surface area contributed by atoms with Gasteiger partial charge in [0, 0.05) is 30.4 Å². The number of carbonyl (C=O) groups is 1. The van der Waals surface area contributed by atoms with E-state index in [1.807, 2.05) is 36.4 Å². The van der Waals surface area contributed by atoms with Gasteiger partial charge in [-0.1, -0.05) is 30.7 Å². The number of hydrogen-bond donors (Lipinski definition) is 1. The average molecular weight is 312 g/mol. The highest BCUT2D eigenvalue weighted by atomic mass is 16.5. The largest absolute Gasteiger partial charge is 0.497 e. The van der Waals surface area contributed by atoms with E-state index in [0.717, 1.165) is 42.9 Å². The number of primary amides is 1. The molecule has 0 aliphatic rings. The molecule has 0 unspecified atom stereocenters. The Hall–Kier alpha value is -2.49. The zero-order chi connectivity index (χ0) is 16.5. The van der Waals surface area contributed by atoms with Gasteiger partial charge in [0.1, 0.15) is 5.75 Å². The Morgan fingerprint density at radius 3 is 2.43 bits per heavy atom. The third-order valence-electron chi connectivity index (χ3n) is 3.74. The van der Waals surface area contributed by atoms with Crippen LogP contribution in [0.3, 0.4) is 0 Å². The van der Waals surface area contributed by atoms with Crippen molar-refractivity contribution in [3.63, 3.8) is 0 Å². The number of amides is 1. The zero-order valence-corrected chi connectivity index (χ0v) is 13.6. The number of unbranched alkanes of at least 4 members (excludes halogenated alkanes) is 2. The van der Waals surface area contributed by atoms with E-state index in [1.54, 1.807) is 7.11 Å². The fraction of sp³-hybridized carbons (Fsp3) is 0.316. The number of ether oxygens (including phenoxy) is 1. The smallest absolute Gasteiger partial charge is 0.217 e. The molecule has 1 amide bonds. The highest BCUT2D eigenvalue weighted by Crippen LogP contribution is 2.28. The van der Waals surface area contributed by atoms with Crippen molar-refractivity contribution in [2.24, 2.45) is 5.73 Å². The predicted molar refractivity (Wildman–Crippen MR) is 94.1 cm³/mol. The Labute approximate surface area is 137 Å². The molecule has 0 aliphatic carbocycles. The molecule has 2 N–H and O–H groups in total. The van der Waals surface area contributed by atoms with Crippen LogP contribution in [0.5, 0.6) is 5.75 Å². The number of rotatable bonds is 9. The number of carbonyl (C=O) groups excluding carboxylic acids is 1. The monoisotopic (exact) mass is 312 g/mol. The van der Waals surface area contributed by atoms with Crippen LogP contribution in [-0.4, -0.2) is 19.6 Å². The van der Waals surface area contributed by atoms with Crippen molar-refractivity contribution in [3.05, 3.63) is 54.6 Å². The summed E-state index contributed by atoms with van der Waals surface area (Å²) in [4.78, 5) is 13.1. The molecule has 0 saturated heterocycles. The quantitative estimate of drug-likeness (QED) is 0.715. The molecular weight excluding hydrogens is 288 g/mol. The second-order valence-electron chi connectivity index (χ2n) is 5.47. The van der Waals surface area contributed by atoms with E-state index in [4.69, 9.17) is 10.5 Å². The lowest BCUT2D eigenvalue weighted by Crippen LogP contribution is -2.18. The van der Waals surface area contributed by atoms with Crippen molar-refractivity contribution < 1.29 is 9.53 Å². The number of anilines is 2. The van der Waals surface area contributed by atoms with Crippen molar-refractivity contribution in [1.29, 1.82) is 0 Å². The molecule has 23 heavy (non-hydrogen) atoms. The molecule has 4 heteroatoms. The summed E-state index contributed by atoms with van der Waals surface area (Å²) in [6, 6.07) is 18.4. The Bertz CT molecular complexity index is 614. The van der Waals surface area contributed by atoms with E-state index in [0.29, 0.717) is 6.42 Å². The minimum absolute atomic E-state index is 0.224. The van der Waals surface area contributed by atoms with Gasteiger partial charge in [-0.25, -0.2) is 0 Å². The number of para-hydroxylation sites is 1. The van der Waals surface area contributed by atoms with E-state index in [-0.39, 0.29) is 5.91 Å². The number of nitrogens with two attached hydrogens (primary N) is 1. The lowest BCUT2D eigenvalue weighted by molar-refractivity contribution is -0.118. The number of benzene rings is 2. The average Bonchev–Trinajstić information content (AvgIpc) is 2.58. The lowest BCUT2D eigenvalue weighted by Gasteiger charge is -2.25. The van der Waals surface area contributed by atoms with Crippen LogP contribution in [0.2, 0.25) is 0 Å². The molecule has 0 aliphatic heterocycles. The van der Waals surface area contributed by atoms with Crippen molar-refractivity contribution in [3.8, 4) is 5.75 Å². The Morgan fingerprint density at radius 2 is 1.74 bits per heavy atom. The summed E-state index contributed by atoms with van der Waals surface area (Å²) in [5.41, 5.74) is 7.44. The van der Waals surface area contributed by atoms with Gasteiger partial charge in [-0.3, -0.25) is 4.79 Å². The summed E-state index contributed by atoms with van der Waals surface area (Å²) in [6.07, 6.45) is 3.29. The number of hydrogen-bond acceptors (Lipinski definition) is 3. The maximum absolute atomic E-state index is 10.8. The van der Waals surface area contributed by atoms with E-state index >= 15 is 0 Å². The van der Waals surface area contributed by atoms with Gasteiger partial charge in [0.15, 0.2) is 0 Å². The van der Waals surface area contributed by atoms with Gasteiger partial charge >= 0.3 is 0 Å². The Balaban J connectivity index is 2.08. The molecule has 2 aromatic carbocycles. The molecule has 0 spiro atoms. The predicted octanol–water partition coefficient (Wildman–Crippen LogP) is 3.88. The molecule has 2 rings (SSSR count). The van der Waals surface area contributed by atoms with Gasteiger partial charge in [-0.05, 0) is 37.1 Å². The summed E-state index contributed by atoms with van der Waals surface area (Å²) in [6.45, 7) is 0.885. The second kappa shape index (κ2) is 8.83. The van der Waals surface area contributed by atoms with Crippen molar-refractivity contribution >= 4 is 17.3 Å². The van der Waals surface area contributed by atoms with Crippen LogP contribution in [0.15, 0.2) is 54.6 Å². The Kier molecular flexibility index (Phi) is 6.48. The summed E-state index contributed by atoms with van der Waals surface area (Å²) < 4.78 is 5.33. The molecule has 0 atom stereocenters. The zero-order valence-electron chi connectivity index (χ0n) is 13.6. The topological polar surface area (TPSA) is 55.6 Å². The van der Waals surface area contributed by atoms with Gasteiger partial charge in [0.2, 0.25) is 5.91 Å². The maximum Gasteiger partial charge on any atom is 0.217 e. The molecular formula is C19H24N2O2. The van der Waals surface area contributed by atoms with Gasteiger partial charge in [0.25, 0.3) is 0 Å². The standard InChI is InChI=1S/C19H24N2O2/c1-23-18-12-8-11-17(15-18)21(16-9-4-2-5-10-16)14-7-3-6-13-19(20)22/h2,4-5,8-12,15H,3,6-7,13-14H2,1H3,(H2,20,22). The van der Waals surface area contributed by atoms with Crippen LogP contribution in [0.25, 0.3) is 0 Å². The maximum atomic E-state index is 10.8. The first kappa shape index (κ1) is 16.9. The van der Waals surface area contributed by atoms with Crippen molar-refractivity contribution in [2.45, 2.75) is 25.7 Å². The Morgan fingerprint density at radius 1 is 1.00 bits per heavy atom. The van der Waals surface area contributed by atoms with Crippen LogP contribution in [0.4, 0.5) is 11.4 Å². The van der Waals surface area contributed by atoms with Crippen molar-refractivity contribution in [2.75, 3.05) is 18.6 Å². The molecule has 0 heterocycles. The normalized spacial score (nSPS) is 10.3. The number of methoxy groups -OCH3 is 1. The van der Waals surface area contributed by atoms with Crippen molar-refractivity contribution in [1.82, 2.24) is 0 Å². The first-order valence-electron chi connectivity index (χ1n) is 7.95. The molecule has 0 aromatic heterocycles. The highest BCUT2D eigenvalue weighted by Gasteiger charge is 2.09. The number of nitrogens with zero attached hydrogens (tertiary/aromatic N) is 1. The summed E-state index contributed by atoms with van der Waals surface area (Å²) >= 11 is 0. The molecule has 2 aromatic rings. The van der Waals surface area contributed by atoms with Gasteiger partial charge in [-0.15, -0.1) is 0 Å². The fourth-order valence-electron chi connectivity index (χ4n) is 2.54. The first-order valence-corrected chi connectivity index (χ1v) is 7.95. The van der Waals surface area contributed by atoms with Crippen LogP contribution >= 0.6 is 0 Å². The molecule has 0 bridgehead atoms. The van der Waals surface area contributed by atoms with Gasteiger partial charge < -0.3 is 15.4 Å². The van der Waals surface area contributed by atoms with Crippen LogP contribution < -0.4 is 15.4 Å². The third-order valence-corrected chi connectivity index (χ3v) is 3.74. The van der Waals surface area contributed by atoms with E-state index < -0.39 is 0 Å². The summed E-state index contributed by atoms with van der Waals surface area (Å²) in [7, 11) is 1.68. The van der Waals surface area contributed by atoms with Crippen LogP contribution in [-0.2, 0) is 4.79 Å². The molecule has 122 valence electrons. The molecule has 0 fully saturated rings. The summed E-state index contributed by atoms with van der Waals surface area (Å²) in [5, 5.41) is 0. The first-order chi connectivity index (χ1) is 11.2. The van der Waals surface area contributed by atoms with E-state index in [9.17, 15) is 4.79 Å². The van der Waals surface area contributed by atoms with Crippen LogP contribution in [0, 0.1) is 0 Å². The van der Waals surface area contributed by atoms with E-state index in [1.165, 1.54) is 0 Å².